The van der Waals surface area contributed by atoms with E-state index in [-0.39, 0.29) is 5.41 Å². The molecule has 0 aliphatic heterocycles. The van der Waals surface area contributed by atoms with E-state index in [9.17, 15) is 0 Å². The van der Waals surface area contributed by atoms with Crippen LogP contribution in [0.5, 0.6) is 0 Å². The molecule has 1 aliphatic carbocycles. The minimum absolute atomic E-state index is 0.117. The number of aromatic nitrogens is 2. The van der Waals surface area contributed by atoms with Crippen LogP contribution in [-0.4, -0.2) is 9.13 Å². The summed E-state index contributed by atoms with van der Waals surface area (Å²) in [5.74, 6) is 0. The van der Waals surface area contributed by atoms with Crippen molar-refractivity contribution in [3.05, 3.63) is 169 Å². The molecule has 2 heterocycles. The Morgan fingerprint density at radius 3 is 1.49 bits per heavy atom. The predicted molar refractivity (Wildman–Crippen MR) is 198 cm³/mol. The smallest absolute Gasteiger partial charge is 0.0547 e. The average molecular weight is 601 g/mol. The predicted octanol–water partition coefficient (Wildman–Crippen LogP) is 11.9. The monoisotopic (exact) mass is 600 g/mol. The van der Waals surface area contributed by atoms with Crippen molar-refractivity contribution in [2.75, 3.05) is 0 Å². The fourth-order valence-corrected chi connectivity index (χ4v) is 8.23. The number of nitrogens with zero attached hydrogens (tertiary/aromatic N) is 2. The van der Waals surface area contributed by atoms with Gasteiger partial charge < -0.3 is 9.13 Å². The van der Waals surface area contributed by atoms with Gasteiger partial charge in [0, 0.05) is 38.3 Å². The van der Waals surface area contributed by atoms with Crippen molar-refractivity contribution in [3.63, 3.8) is 0 Å². The molecule has 2 heteroatoms. The molecule has 0 saturated carbocycles. The van der Waals surface area contributed by atoms with Gasteiger partial charge in [0.15, 0.2) is 0 Å². The number of hydrogen-bond donors (Lipinski definition) is 0. The Bertz CT molecular complexity index is 2630. The molecule has 7 aromatic carbocycles. The molecule has 9 aromatic rings. The summed E-state index contributed by atoms with van der Waals surface area (Å²) >= 11 is 0. The van der Waals surface area contributed by atoms with E-state index in [4.69, 9.17) is 0 Å². The number of rotatable bonds is 3. The first kappa shape index (κ1) is 26.4. The lowest BCUT2D eigenvalue weighted by Crippen LogP contribution is -2.15. The van der Waals surface area contributed by atoms with E-state index in [1.165, 1.54) is 88.4 Å². The van der Waals surface area contributed by atoms with Crippen LogP contribution >= 0.6 is 0 Å². The standard InChI is InChI=1S/C45H32N2/c1-45(2)39-26-30(29-20-23-32(24-21-29)46-41-17-9-6-14-34(41)35-15-7-10-18-42(35)46)22-25-33(39)37-28-44-38(27-40(37)45)36-16-8-11-19-43(36)47(44)31-12-4-3-5-13-31/h3-28H,1-2H3. The van der Waals surface area contributed by atoms with Gasteiger partial charge in [0.1, 0.15) is 0 Å². The molecular weight excluding hydrogens is 569 g/mol. The Balaban J connectivity index is 1.10. The van der Waals surface area contributed by atoms with Crippen LogP contribution in [-0.2, 0) is 5.41 Å². The van der Waals surface area contributed by atoms with Crippen LogP contribution in [0.1, 0.15) is 25.0 Å². The summed E-state index contributed by atoms with van der Waals surface area (Å²) in [7, 11) is 0. The second-order valence-corrected chi connectivity index (χ2v) is 13.4. The molecule has 47 heavy (non-hydrogen) atoms. The third kappa shape index (κ3) is 3.67. The van der Waals surface area contributed by atoms with Crippen molar-refractivity contribution in [2.45, 2.75) is 19.3 Å². The van der Waals surface area contributed by atoms with E-state index in [0.717, 1.165) is 0 Å². The van der Waals surface area contributed by atoms with Gasteiger partial charge in [-0.2, -0.15) is 0 Å². The Morgan fingerprint density at radius 1 is 0.362 bits per heavy atom. The van der Waals surface area contributed by atoms with Crippen molar-refractivity contribution < 1.29 is 0 Å². The molecule has 0 atom stereocenters. The van der Waals surface area contributed by atoms with Gasteiger partial charge in [-0.25, -0.2) is 0 Å². The maximum atomic E-state index is 2.46. The molecule has 1 aliphatic rings. The molecule has 0 bridgehead atoms. The first-order chi connectivity index (χ1) is 23.1. The molecule has 0 N–H and O–H groups in total. The normalized spacial score (nSPS) is 13.5. The number of fused-ring (bicyclic) bond motifs is 9. The number of hydrogen-bond acceptors (Lipinski definition) is 0. The van der Waals surface area contributed by atoms with Crippen molar-refractivity contribution >= 4 is 43.6 Å². The molecule has 0 fully saturated rings. The maximum Gasteiger partial charge on any atom is 0.0547 e. The zero-order valence-electron chi connectivity index (χ0n) is 26.4. The summed E-state index contributed by atoms with van der Waals surface area (Å²) in [5.41, 5.74) is 15.2. The largest absolute Gasteiger partial charge is 0.309 e. The van der Waals surface area contributed by atoms with Gasteiger partial charge >= 0.3 is 0 Å². The number of para-hydroxylation sites is 4. The van der Waals surface area contributed by atoms with Crippen molar-refractivity contribution in [3.8, 4) is 33.6 Å². The Hall–Kier alpha value is -5.86. The highest BCUT2D eigenvalue weighted by Gasteiger charge is 2.36. The summed E-state index contributed by atoms with van der Waals surface area (Å²) in [4.78, 5) is 0. The molecule has 0 spiro atoms. The molecule has 10 rings (SSSR count). The highest BCUT2D eigenvalue weighted by molar-refractivity contribution is 6.12. The summed E-state index contributed by atoms with van der Waals surface area (Å²) in [6.45, 7) is 4.77. The fourth-order valence-electron chi connectivity index (χ4n) is 8.23. The van der Waals surface area contributed by atoms with Crippen LogP contribution < -0.4 is 0 Å². The van der Waals surface area contributed by atoms with E-state index in [2.05, 4.69) is 181 Å². The van der Waals surface area contributed by atoms with Gasteiger partial charge in [0.2, 0.25) is 0 Å². The molecule has 0 saturated heterocycles. The highest BCUT2D eigenvalue weighted by Crippen LogP contribution is 2.52. The van der Waals surface area contributed by atoms with Crippen molar-refractivity contribution in [2.24, 2.45) is 0 Å². The third-order valence-corrected chi connectivity index (χ3v) is 10.5. The van der Waals surface area contributed by atoms with Gasteiger partial charge in [-0.05, 0) is 94.0 Å². The summed E-state index contributed by atoms with van der Waals surface area (Å²) in [6, 6.07) is 58.0. The van der Waals surface area contributed by atoms with Crippen molar-refractivity contribution in [1.29, 1.82) is 0 Å². The van der Waals surface area contributed by atoms with E-state index in [1.807, 2.05) is 0 Å². The lowest BCUT2D eigenvalue weighted by Gasteiger charge is -2.22. The Morgan fingerprint density at radius 2 is 0.851 bits per heavy atom. The lowest BCUT2D eigenvalue weighted by atomic mass is 9.81. The van der Waals surface area contributed by atoms with Gasteiger partial charge in [-0.15, -0.1) is 0 Å². The summed E-state index contributed by atoms with van der Waals surface area (Å²) in [6.07, 6.45) is 0. The van der Waals surface area contributed by atoms with E-state index >= 15 is 0 Å². The molecule has 0 amide bonds. The second kappa shape index (κ2) is 9.57. The molecule has 2 nitrogen and oxygen atoms in total. The first-order valence-corrected chi connectivity index (χ1v) is 16.4. The Kier molecular flexibility index (Phi) is 5.37. The third-order valence-electron chi connectivity index (χ3n) is 10.5. The van der Waals surface area contributed by atoms with Gasteiger partial charge in [0.25, 0.3) is 0 Å². The van der Waals surface area contributed by atoms with E-state index in [1.54, 1.807) is 0 Å². The van der Waals surface area contributed by atoms with E-state index in [0.29, 0.717) is 0 Å². The van der Waals surface area contributed by atoms with Gasteiger partial charge in [0.05, 0.1) is 22.1 Å². The molecule has 0 radical (unpaired) electrons. The molecule has 2 aromatic heterocycles. The SMILES string of the molecule is CC1(C)c2cc(-c3ccc(-n4c5ccccc5c5ccccc54)cc3)ccc2-c2cc3c(cc21)c1ccccc1n3-c1ccccc1. The van der Waals surface area contributed by atoms with Crippen LogP contribution in [0.15, 0.2) is 158 Å². The van der Waals surface area contributed by atoms with Gasteiger partial charge in [-0.1, -0.05) is 111 Å². The highest BCUT2D eigenvalue weighted by atomic mass is 15.0. The quantitative estimate of drug-likeness (QED) is 0.191. The topological polar surface area (TPSA) is 9.86 Å². The average Bonchev–Trinajstić information content (AvgIpc) is 3.71. The van der Waals surface area contributed by atoms with Crippen LogP contribution in [0.2, 0.25) is 0 Å². The summed E-state index contributed by atoms with van der Waals surface area (Å²) < 4.78 is 4.80. The Labute approximate surface area is 273 Å². The summed E-state index contributed by atoms with van der Waals surface area (Å²) in [5, 5.41) is 5.18. The number of benzene rings is 7. The molecule has 222 valence electrons. The second-order valence-electron chi connectivity index (χ2n) is 13.4. The van der Waals surface area contributed by atoms with Crippen LogP contribution in [0.25, 0.3) is 77.2 Å². The molecule has 0 unspecified atom stereocenters. The maximum absolute atomic E-state index is 2.46. The zero-order chi connectivity index (χ0) is 31.3. The van der Waals surface area contributed by atoms with Crippen LogP contribution in [0, 0.1) is 0 Å². The minimum Gasteiger partial charge on any atom is -0.309 e. The fraction of sp³-hybridized carbons (Fsp3) is 0.0667. The zero-order valence-corrected chi connectivity index (χ0v) is 26.4. The first-order valence-electron chi connectivity index (χ1n) is 16.4. The van der Waals surface area contributed by atoms with Crippen molar-refractivity contribution in [1.82, 2.24) is 9.13 Å². The lowest BCUT2D eigenvalue weighted by molar-refractivity contribution is 0.661. The molecular formula is C45H32N2. The van der Waals surface area contributed by atoms with Gasteiger partial charge in [-0.3, -0.25) is 0 Å². The van der Waals surface area contributed by atoms with Crippen LogP contribution in [0.3, 0.4) is 0 Å². The van der Waals surface area contributed by atoms with E-state index < -0.39 is 0 Å². The minimum atomic E-state index is -0.117. The van der Waals surface area contributed by atoms with Crippen LogP contribution in [0.4, 0.5) is 0 Å².